The van der Waals surface area contributed by atoms with E-state index in [1.165, 1.54) is 0 Å². The van der Waals surface area contributed by atoms with Crippen LogP contribution in [0.4, 0.5) is 0 Å². The molecular formula is C28H27ClN4O3. The van der Waals surface area contributed by atoms with Gasteiger partial charge in [0.2, 0.25) is 0 Å². The van der Waals surface area contributed by atoms with Gasteiger partial charge in [-0.1, -0.05) is 43.1 Å². The van der Waals surface area contributed by atoms with Gasteiger partial charge in [0.15, 0.2) is 11.5 Å². The number of pyridine rings is 1. The van der Waals surface area contributed by atoms with E-state index in [4.69, 9.17) is 21.1 Å². The van der Waals surface area contributed by atoms with Crippen molar-refractivity contribution in [3.63, 3.8) is 0 Å². The zero-order chi connectivity index (χ0) is 25.1. The van der Waals surface area contributed by atoms with Crippen molar-refractivity contribution in [2.75, 3.05) is 13.7 Å². The molecule has 0 saturated heterocycles. The van der Waals surface area contributed by atoms with Crippen LogP contribution in [0.15, 0.2) is 67.0 Å². The zero-order valence-corrected chi connectivity index (χ0v) is 21.0. The average molecular weight is 503 g/mol. The van der Waals surface area contributed by atoms with E-state index in [9.17, 15) is 4.79 Å². The lowest BCUT2D eigenvalue weighted by atomic mass is 9.95. The van der Waals surface area contributed by atoms with Crippen LogP contribution in [0.1, 0.15) is 53.0 Å². The van der Waals surface area contributed by atoms with Crippen molar-refractivity contribution in [2.45, 2.75) is 32.4 Å². The molecular weight excluding hydrogens is 476 g/mol. The number of unbranched alkanes of at least 4 members (excludes halogenated alkanes) is 1. The minimum Gasteiger partial charge on any atom is -0.493 e. The number of aromatic nitrogens is 3. The van der Waals surface area contributed by atoms with E-state index in [-0.39, 0.29) is 11.9 Å². The molecule has 2 aromatic carbocycles. The minimum absolute atomic E-state index is 0.109. The largest absolute Gasteiger partial charge is 0.493 e. The maximum atomic E-state index is 13.6. The fraction of sp³-hybridized carbons (Fsp3) is 0.250. The van der Waals surface area contributed by atoms with Gasteiger partial charge in [-0.2, -0.15) is 5.10 Å². The highest BCUT2D eigenvalue weighted by atomic mass is 35.5. The number of carbonyl (C=O) groups is 1. The van der Waals surface area contributed by atoms with Crippen LogP contribution in [0.3, 0.4) is 0 Å². The first kappa shape index (κ1) is 23.9. The van der Waals surface area contributed by atoms with Crippen LogP contribution in [-0.2, 0) is 6.54 Å². The van der Waals surface area contributed by atoms with E-state index < -0.39 is 0 Å². The summed E-state index contributed by atoms with van der Waals surface area (Å²) in [5.41, 5.74) is 4.82. The predicted octanol–water partition coefficient (Wildman–Crippen LogP) is 6.06. The number of fused-ring (bicyclic) bond motifs is 1. The molecule has 5 rings (SSSR count). The fourth-order valence-corrected chi connectivity index (χ4v) is 4.64. The van der Waals surface area contributed by atoms with Gasteiger partial charge >= 0.3 is 0 Å². The number of hydrogen-bond donors (Lipinski definition) is 1. The van der Waals surface area contributed by atoms with Gasteiger partial charge in [0.1, 0.15) is 5.69 Å². The van der Waals surface area contributed by atoms with Crippen LogP contribution in [0.2, 0.25) is 5.02 Å². The molecule has 184 valence electrons. The third-order valence-electron chi connectivity index (χ3n) is 6.34. The molecule has 36 heavy (non-hydrogen) atoms. The molecule has 7 nitrogen and oxygen atoms in total. The van der Waals surface area contributed by atoms with E-state index in [0.29, 0.717) is 35.4 Å². The van der Waals surface area contributed by atoms with E-state index in [1.54, 1.807) is 19.5 Å². The molecule has 1 N–H and O–H groups in total. The Bertz CT molecular complexity index is 1360. The van der Waals surface area contributed by atoms with Crippen LogP contribution in [-0.4, -0.2) is 39.7 Å². The van der Waals surface area contributed by atoms with Crippen molar-refractivity contribution in [1.29, 1.82) is 0 Å². The van der Waals surface area contributed by atoms with Gasteiger partial charge in [0.05, 0.1) is 25.5 Å². The molecule has 1 aliphatic rings. The monoisotopic (exact) mass is 502 g/mol. The lowest BCUT2D eigenvalue weighted by Crippen LogP contribution is -2.29. The molecule has 1 unspecified atom stereocenters. The summed E-state index contributed by atoms with van der Waals surface area (Å²) in [4.78, 5) is 19.6. The Labute approximate surface area is 215 Å². The number of methoxy groups -OCH3 is 1. The molecule has 4 aromatic rings. The Hall–Kier alpha value is -3.84. The standard InChI is InChI=1S/C28H27ClN4O3/c1-3-4-15-36-22-10-7-20(16-23(22)35-2)27-24-25(19-5-8-21(29)9-6-19)31-32-26(24)28(34)33(27)17-18-11-13-30-14-12-18/h5-14,16,27H,3-4,15,17H2,1-2H3,(H,31,32). The summed E-state index contributed by atoms with van der Waals surface area (Å²) < 4.78 is 11.6. The van der Waals surface area contributed by atoms with Crippen molar-refractivity contribution < 1.29 is 14.3 Å². The zero-order valence-electron chi connectivity index (χ0n) is 20.2. The topological polar surface area (TPSA) is 80.3 Å². The molecule has 3 heterocycles. The average Bonchev–Trinajstić information content (AvgIpc) is 3.44. The number of halogens is 1. The molecule has 0 radical (unpaired) electrons. The number of carbonyl (C=O) groups excluding carboxylic acids is 1. The van der Waals surface area contributed by atoms with Gasteiger partial charge in [0, 0.05) is 35.1 Å². The smallest absolute Gasteiger partial charge is 0.273 e. The number of amides is 1. The maximum absolute atomic E-state index is 13.6. The van der Waals surface area contributed by atoms with Crippen LogP contribution in [0.5, 0.6) is 11.5 Å². The van der Waals surface area contributed by atoms with E-state index in [2.05, 4.69) is 22.1 Å². The Morgan fingerprint density at radius 1 is 1.06 bits per heavy atom. The summed E-state index contributed by atoms with van der Waals surface area (Å²) in [5.74, 6) is 1.21. The molecule has 0 aliphatic carbocycles. The first-order chi connectivity index (χ1) is 17.6. The van der Waals surface area contributed by atoms with Gasteiger partial charge in [0.25, 0.3) is 5.91 Å². The van der Waals surface area contributed by atoms with Crippen LogP contribution < -0.4 is 9.47 Å². The molecule has 0 saturated carbocycles. The summed E-state index contributed by atoms with van der Waals surface area (Å²) in [6, 6.07) is 16.8. The van der Waals surface area contributed by atoms with E-state index in [1.807, 2.05) is 59.5 Å². The Kier molecular flexibility index (Phi) is 6.91. The molecule has 1 aliphatic heterocycles. The van der Waals surface area contributed by atoms with Gasteiger partial charge in [-0.05, 0) is 53.9 Å². The molecule has 0 bridgehead atoms. The number of benzene rings is 2. The van der Waals surface area contributed by atoms with Crippen molar-refractivity contribution in [2.24, 2.45) is 0 Å². The van der Waals surface area contributed by atoms with E-state index in [0.717, 1.165) is 40.8 Å². The number of nitrogens with zero attached hydrogens (tertiary/aromatic N) is 3. The number of rotatable bonds is 9. The number of ether oxygens (including phenoxy) is 2. The number of H-pyrrole nitrogens is 1. The molecule has 1 atom stereocenters. The summed E-state index contributed by atoms with van der Waals surface area (Å²) in [5, 5.41) is 8.17. The summed E-state index contributed by atoms with van der Waals surface area (Å²) in [7, 11) is 1.63. The quantitative estimate of drug-likeness (QED) is 0.281. The Morgan fingerprint density at radius 3 is 2.56 bits per heavy atom. The van der Waals surface area contributed by atoms with Gasteiger partial charge in [-0.15, -0.1) is 0 Å². The van der Waals surface area contributed by atoms with Crippen molar-refractivity contribution >= 4 is 17.5 Å². The second-order valence-electron chi connectivity index (χ2n) is 8.67. The third kappa shape index (κ3) is 4.54. The first-order valence-electron chi connectivity index (χ1n) is 12.0. The minimum atomic E-state index is -0.372. The summed E-state index contributed by atoms with van der Waals surface area (Å²) in [6.45, 7) is 3.17. The van der Waals surface area contributed by atoms with Crippen LogP contribution in [0, 0.1) is 0 Å². The molecule has 1 amide bonds. The van der Waals surface area contributed by atoms with E-state index >= 15 is 0 Å². The highest BCUT2D eigenvalue weighted by Gasteiger charge is 2.42. The normalized spacial score (nSPS) is 14.7. The van der Waals surface area contributed by atoms with Gasteiger partial charge in [-0.25, -0.2) is 0 Å². The first-order valence-corrected chi connectivity index (χ1v) is 12.3. The Morgan fingerprint density at radius 2 is 1.83 bits per heavy atom. The third-order valence-corrected chi connectivity index (χ3v) is 6.59. The fourth-order valence-electron chi connectivity index (χ4n) is 4.52. The van der Waals surface area contributed by atoms with Crippen molar-refractivity contribution in [1.82, 2.24) is 20.1 Å². The summed E-state index contributed by atoms with van der Waals surface area (Å²) >= 11 is 6.12. The second-order valence-corrected chi connectivity index (χ2v) is 9.11. The molecule has 2 aromatic heterocycles. The number of aromatic amines is 1. The molecule has 0 fully saturated rings. The second kappa shape index (κ2) is 10.4. The Balaban J connectivity index is 1.60. The molecule has 0 spiro atoms. The molecule has 8 heteroatoms. The number of nitrogens with one attached hydrogen (secondary N) is 1. The van der Waals surface area contributed by atoms with Gasteiger partial charge in [-0.3, -0.25) is 14.9 Å². The predicted molar refractivity (Wildman–Crippen MR) is 138 cm³/mol. The van der Waals surface area contributed by atoms with Crippen LogP contribution >= 0.6 is 11.6 Å². The summed E-state index contributed by atoms with van der Waals surface area (Å²) in [6.07, 6.45) is 5.47. The van der Waals surface area contributed by atoms with Crippen molar-refractivity contribution in [3.05, 3.63) is 94.4 Å². The highest BCUT2D eigenvalue weighted by molar-refractivity contribution is 6.30. The lowest BCUT2D eigenvalue weighted by Gasteiger charge is -2.27. The lowest BCUT2D eigenvalue weighted by molar-refractivity contribution is 0.0729. The number of hydrogen-bond acceptors (Lipinski definition) is 5. The SMILES string of the molecule is CCCCOc1ccc(C2c3c(-c4ccc(Cl)cc4)n[nH]c3C(=O)N2Cc2ccncc2)cc1OC. The van der Waals surface area contributed by atoms with Gasteiger partial charge < -0.3 is 14.4 Å². The maximum Gasteiger partial charge on any atom is 0.273 e. The highest BCUT2D eigenvalue weighted by Crippen LogP contribution is 2.45. The van der Waals surface area contributed by atoms with Crippen molar-refractivity contribution in [3.8, 4) is 22.8 Å². The van der Waals surface area contributed by atoms with Crippen LogP contribution in [0.25, 0.3) is 11.3 Å².